The second-order valence-corrected chi connectivity index (χ2v) is 9.86. The van der Waals surface area contributed by atoms with Crippen LogP contribution in [0.15, 0.2) is 24.3 Å². The average molecular weight is 580 g/mol. The molecule has 18 nitrogen and oxygen atoms in total. The predicted octanol–water partition coefficient (Wildman–Crippen LogP) is -0.832. The Labute approximate surface area is 208 Å². The Kier molecular flexibility index (Phi) is 9.40. The molecule has 0 amide bonds. The fourth-order valence-electron chi connectivity index (χ4n) is 2.75. The van der Waals surface area contributed by atoms with Gasteiger partial charge in [-0.1, -0.05) is 0 Å². The van der Waals surface area contributed by atoms with Gasteiger partial charge in [0.1, 0.15) is 0 Å². The van der Waals surface area contributed by atoms with Gasteiger partial charge in [0.15, 0.2) is 0 Å². The fourth-order valence-corrected chi connectivity index (χ4v) is 4.47. The quantitative estimate of drug-likeness (QED) is 0.170. The summed E-state index contributed by atoms with van der Waals surface area (Å²) in [5.74, 6) is -10.6. The van der Waals surface area contributed by atoms with Gasteiger partial charge in [-0.15, -0.1) is 0 Å². The van der Waals surface area contributed by atoms with Gasteiger partial charge in [-0.3, -0.25) is 9.13 Å². The topological polar surface area (TPSA) is 339 Å². The highest BCUT2D eigenvalue weighted by Crippen LogP contribution is 2.37. The van der Waals surface area contributed by atoms with E-state index in [0.717, 1.165) is 0 Å². The molecule has 0 fully saturated rings. The number of carboxylic acids is 6. The van der Waals surface area contributed by atoms with Gasteiger partial charge in [0.25, 0.3) is 0 Å². The lowest BCUT2D eigenvalue weighted by atomic mass is 10.0. The molecule has 204 valence electrons. The van der Waals surface area contributed by atoms with Crippen LogP contribution >= 0.6 is 15.2 Å². The highest BCUT2D eigenvalue weighted by molar-refractivity contribution is 7.61. The highest BCUT2D eigenvalue weighted by atomic mass is 31.2. The Morgan fingerprint density at radius 3 is 1.05 bits per heavy atom. The molecule has 0 atom stereocenters. The molecule has 0 saturated carbocycles. The van der Waals surface area contributed by atoms with Crippen LogP contribution in [0.4, 0.5) is 0 Å². The third-order valence-electron chi connectivity index (χ3n) is 4.25. The van der Waals surface area contributed by atoms with Crippen LogP contribution in [-0.4, -0.2) is 86.0 Å². The second kappa shape index (κ2) is 11.3. The molecule has 0 bridgehead atoms. The van der Waals surface area contributed by atoms with E-state index in [9.17, 15) is 37.9 Å². The highest BCUT2D eigenvalue weighted by Gasteiger charge is 2.33. The lowest BCUT2D eigenvalue weighted by Gasteiger charge is -2.12. The minimum absolute atomic E-state index is 0.357. The van der Waals surface area contributed by atoms with Crippen LogP contribution in [0.2, 0.25) is 0 Å². The number of hydrogen-bond donors (Lipinski definition) is 10. The van der Waals surface area contributed by atoms with Crippen molar-refractivity contribution in [2.45, 2.75) is 0 Å². The molecule has 0 heterocycles. The van der Waals surface area contributed by atoms with Gasteiger partial charge in [-0.05, 0) is 24.3 Å². The van der Waals surface area contributed by atoms with Crippen LogP contribution < -0.4 is 10.6 Å². The van der Waals surface area contributed by atoms with Crippen molar-refractivity contribution in [2.75, 3.05) is 0 Å². The van der Waals surface area contributed by atoms with E-state index < -0.39 is 95.0 Å². The van der Waals surface area contributed by atoms with Gasteiger partial charge < -0.3 is 50.2 Å². The van der Waals surface area contributed by atoms with Crippen molar-refractivity contribution >= 4 is 61.6 Å². The minimum Gasteiger partial charge on any atom is -0.478 e. The SMILES string of the molecule is O=C(O)c1cc(C(=O)O)c(P(=O)(O)O)c(C(=O)O)c1.O=C(O)c1cc(C(=O)O)c(P(=O)(O)O)cc1C(=O)O. The molecular weight excluding hydrogens is 566 g/mol. The van der Waals surface area contributed by atoms with E-state index in [4.69, 9.17) is 50.2 Å². The number of hydrogen-bond acceptors (Lipinski definition) is 8. The molecule has 38 heavy (non-hydrogen) atoms. The minimum atomic E-state index is -5.21. The van der Waals surface area contributed by atoms with E-state index >= 15 is 0 Å². The Hall–Kier alpha value is -4.44. The van der Waals surface area contributed by atoms with Gasteiger partial charge in [0.05, 0.1) is 44.0 Å². The van der Waals surface area contributed by atoms with E-state index in [1.54, 1.807) is 0 Å². The molecule has 2 aromatic rings. The molecule has 10 N–H and O–H groups in total. The summed E-state index contributed by atoms with van der Waals surface area (Å²) in [6, 6.07) is 1.75. The summed E-state index contributed by atoms with van der Waals surface area (Å²) in [5, 5.41) is 50.4. The molecule has 0 unspecified atom stereocenters. The zero-order valence-corrected chi connectivity index (χ0v) is 19.7. The first-order chi connectivity index (χ1) is 17.1. The van der Waals surface area contributed by atoms with Crippen molar-refractivity contribution in [1.82, 2.24) is 0 Å². The first kappa shape index (κ1) is 31.6. The summed E-state index contributed by atoms with van der Waals surface area (Å²) >= 11 is 0. The van der Waals surface area contributed by atoms with E-state index in [-0.39, 0.29) is 0 Å². The molecule has 0 aliphatic heterocycles. The molecule has 2 aromatic carbocycles. The van der Waals surface area contributed by atoms with Crippen LogP contribution in [0.1, 0.15) is 62.1 Å². The maximum atomic E-state index is 11.2. The van der Waals surface area contributed by atoms with E-state index in [1.807, 2.05) is 0 Å². The average Bonchev–Trinajstić information content (AvgIpc) is 2.75. The molecule has 0 aromatic heterocycles. The molecule has 2 rings (SSSR count). The lowest BCUT2D eigenvalue weighted by molar-refractivity contribution is 0.0649. The van der Waals surface area contributed by atoms with Crippen LogP contribution in [-0.2, 0) is 9.13 Å². The van der Waals surface area contributed by atoms with E-state index in [2.05, 4.69) is 0 Å². The lowest BCUT2D eigenvalue weighted by Crippen LogP contribution is -2.24. The van der Waals surface area contributed by atoms with Crippen LogP contribution in [0.5, 0.6) is 0 Å². The van der Waals surface area contributed by atoms with Crippen molar-refractivity contribution < 1.29 is 88.1 Å². The molecule has 20 heteroatoms. The zero-order valence-electron chi connectivity index (χ0n) is 17.9. The van der Waals surface area contributed by atoms with Crippen molar-refractivity contribution in [3.05, 3.63) is 57.6 Å². The third-order valence-corrected chi connectivity index (χ3v) is 6.31. The smallest absolute Gasteiger partial charge is 0.357 e. The van der Waals surface area contributed by atoms with Gasteiger partial charge >= 0.3 is 51.0 Å². The van der Waals surface area contributed by atoms with E-state index in [1.165, 1.54) is 0 Å². The predicted molar refractivity (Wildman–Crippen MR) is 118 cm³/mol. The molecule has 0 spiro atoms. The number of rotatable bonds is 8. The summed E-state index contributed by atoms with van der Waals surface area (Å²) in [4.78, 5) is 101. The Morgan fingerprint density at radius 1 is 0.447 bits per heavy atom. The third kappa shape index (κ3) is 7.30. The summed E-state index contributed by atoms with van der Waals surface area (Å²) < 4.78 is 22.3. The van der Waals surface area contributed by atoms with E-state index in [0.29, 0.717) is 24.3 Å². The van der Waals surface area contributed by atoms with Gasteiger partial charge in [-0.2, -0.15) is 0 Å². The van der Waals surface area contributed by atoms with Crippen LogP contribution in [0, 0.1) is 0 Å². The Morgan fingerprint density at radius 2 is 0.789 bits per heavy atom. The Bertz CT molecular complexity index is 1440. The molecule has 0 aliphatic carbocycles. The molecule has 0 aliphatic rings. The van der Waals surface area contributed by atoms with Gasteiger partial charge in [0, 0.05) is 0 Å². The van der Waals surface area contributed by atoms with Crippen molar-refractivity contribution in [2.24, 2.45) is 0 Å². The maximum absolute atomic E-state index is 11.2. The van der Waals surface area contributed by atoms with Crippen LogP contribution in [0.3, 0.4) is 0 Å². The summed E-state index contributed by atoms with van der Waals surface area (Å²) in [6.45, 7) is 0. The number of carbonyl (C=O) groups is 6. The Balaban J connectivity index is 0.000000380. The van der Waals surface area contributed by atoms with Crippen molar-refractivity contribution in [3.63, 3.8) is 0 Å². The number of carboxylic acid groups (broad SMARTS) is 6. The van der Waals surface area contributed by atoms with Crippen LogP contribution in [0.25, 0.3) is 0 Å². The van der Waals surface area contributed by atoms with Crippen molar-refractivity contribution in [3.8, 4) is 0 Å². The monoisotopic (exact) mass is 580 g/mol. The molecule has 0 saturated heterocycles. The van der Waals surface area contributed by atoms with Gasteiger partial charge in [-0.25, -0.2) is 28.8 Å². The second-order valence-electron chi connectivity index (χ2n) is 6.75. The maximum Gasteiger partial charge on any atom is 0.357 e. The fraction of sp³-hybridized carbons (Fsp3) is 0. The standard InChI is InChI=1S/2C9H7O9P/c10-7(11)3-1-5(9(14)15)6(19(16,17)18)2-4(3)8(12)13;10-7(11)3-1-4(8(12)13)6(19(16,17)18)5(2-3)9(14)15/h2*1-2H,(H,10,11)(H,12,13)(H,14,15)(H2,16,17,18). The normalized spacial score (nSPS) is 11.1. The zero-order chi connectivity index (χ0) is 29.9. The number of aromatic carboxylic acids is 6. The summed E-state index contributed by atoms with van der Waals surface area (Å²) in [5.41, 5.74) is -5.57. The first-order valence-corrected chi connectivity index (χ1v) is 12.2. The summed E-state index contributed by atoms with van der Waals surface area (Å²) in [6.07, 6.45) is 0. The van der Waals surface area contributed by atoms with Gasteiger partial charge in [0.2, 0.25) is 0 Å². The number of benzene rings is 2. The molecular formula is C18H14O18P2. The van der Waals surface area contributed by atoms with Crippen molar-refractivity contribution in [1.29, 1.82) is 0 Å². The largest absolute Gasteiger partial charge is 0.478 e. The molecule has 0 radical (unpaired) electrons. The summed E-state index contributed by atoms with van der Waals surface area (Å²) in [7, 11) is -10.3. The first-order valence-electron chi connectivity index (χ1n) is 8.99.